The molecule has 1 aromatic rings. The first-order valence-corrected chi connectivity index (χ1v) is 6.12. The Hall–Kier alpha value is -1.23. The molecule has 2 heterocycles. The van der Waals surface area contributed by atoms with Crippen LogP contribution in [0.1, 0.15) is 12.6 Å². The Morgan fingerprint density at radius 2 is 2.00 bits per heavy atom. The van der Waals surface area contributed by atoms with Gasteiger partial charge in [0.2, 0.25) is 0 Å². The lowest BCUT2D eigenvalue weighted by molar-refractivity contribution is 0.266. The number of rotatable bonds is 2. The van der Waals surface area contributed by atoms with Gasteiger partial charge in [-0.05, 0) is 26.9 Å². The maximum Gasteiger partial charge on any atom is 0.150 e. The van der Waals surface area contributed by atoms with Gasteiger partial charge in [0.05, 0.1) is 11.4 Å². The second-order valence-corrected chi connectivity index (χ2v) is 5.36. The third-order valence-electron chi connectivity index (χ3n) is 3.77. The van der Waals surface area contributed by atoms with E-state index < -0.39 is 0 Å². The second-order valence-electron chi connectivity index (χ2n) is 5.36. The number of nitrogens with zero attached hydrogens (tertiary/aromatic N) is 4. The van der Waals surface area contributed by atoms with E-state index in [1.807, 2.05) is 18.7 Å². The van der Waals surface area contributed by atoms with Gasteiger partial charge in [0, 0.05) is 26.2 Å². The van der Waals surface area contributed by atoms with Crippen LogP contribution in [0.4, 0.5) is 11.5 Å². The Morgan fingerprint density at radius 3 is 2.41 bits per heavy atom. The third-order valence-corrected chi connectivity index (χ3v) is 3.77. The van der Waals surface area contributed by atoms with Crippen LogP contribution < -0.4 is 10.6 Å². The fourth-order valence-electron chi connectivity index (χ4n) is 2.83. The van der Waals surface area contributed by atoms with Gasteiger partial charge in [-0.15, -0.1) is 0 Å². The van der Waals surface area contributed by atoms with Crippen LogP contribution in [0.5, 0.6) is 0 Å². The molecule has 1 aliphatic rings. The molecule has 0 aliphatic carbocycles. The molecule has 1 fully saturated rings. The van der Waals surface area contributed by atoms with Crippen molar-refractivity contribution in [3.8, 4) is 0 Å². The van der Waals surface area contributed by atoms with Crippen molar-refractivity contribution in [1.29, 1.82) is 0 Å². The molecule has 96 valence electrons. The van der Waals surface area contributed by atoms with E-state index in [0.29, 0.717) is 12.0 Å². The number of likely N-dealkylation sites (N-methyl/N-ethyl adjacent to an activating group) is 1. The highest BCUT2D eigenvalue weighted by Crippen LogP contribution is 2.31. The van der Waals surface area contributed by atoms with Gasteiger partial charge < -0.3 is 15.5 Å². The van der Waals surface area contributed by atoms with Crippen molar-refractivity contribution in [2.45, 2.75) is 19.9 Å². The fraction of sp³-hybridized carbons (Fsp3) is 0.750. The molecular weight excluding hydrogens is 214 g/mol. The van der Waals surface area contributed by atoms with E-state index in [2.05, 4.69) is 35.9 Å². The number of hydrogen-bond acceptors (Lipinski definition) is 4. The van der Waals surface area contributed by atoms with E-state index in [0.717, 1.165) is 30.3 Å². The summed E-state index contributed by atoms with van der Waals surface area (Å²) >= 11 is 0. The van der Waals surface area contributed by atoms with Crippen LogP contribution in [-0.4, -0.2) is 47.9 Å². The number of hydrogen-bond donors (Lipinski definition) is 1. The molecule has 5 nitrogen and oxygen atoms in total. The molecule has 2 unspecified atom stereocenters. The number of aryl methyl sites for hydroxylation is 2. The summed E-state index contributed by atoms with van der Waals surface area (Å²) in [4.78, 5) is 4.65. The maximum absolute atomic E-state index is 6.11. The Balaban J connectivity index is 2.25. The van der Waals surface area contributed by atoms with Crippen LogP contribution >= 0.6 is 0 Å². The summed E-state index contributed by atoms with van der Waals surface area (Å²) < 4.78 is 1.90. The summed E-state index contributed by atoms with van der Waals surface area (Å²) in [5.41, 5.74) is 7.85. The Bertz CT molecular complexity index is 409. The van der Waals surface area contributed by atoms with Crippen LogP contribution in [0.3, 0.4) is 0 Å². The highest BCUT2D eigenvalue weighted by molar-refractivity contribution is 5.66. The zero-order valence-electron chi connectivity index (χ0n) is 11.4. The smallest absolute Gasteiger partial charge is 0.150 e. The summed E-state index contributed by atoms with van der Waals surface area (Å²) in [7, 11) is 6.25. The summed E-state index contributed by atoms with van der Waals surface area (Å²) in [6, 6.07) is 0.588. The molecule has 0 radical (unpaired) electrons. The van der Waals surface area contributed by atoms with Crippen LogP contribution in [0.25, 0.3) is 0 Å². The molecule has 1 aliphatic heterocycles. The molecule has 1 saturated heterocycles. The second kappa shape index (κ2) is 4.22. The summed E-state index contributed by atoms with van der Waals surface area (Å²) in [5, 5.41) is 4.39. The minimum absolute atomic E-state index is 0.588. The molecule has 2 N–H and O–H groups in total. The number of nitrogen functional groups attached to an aromatic ring is 1. The molecule has 2 atom stereocenters. The standard InChI is InChI=1S/C12H23N5/c1-8-6-17(7-10(8)15(3)4)12-11(13)9(2)14-16(12)5/h8,10H,6-7,13H2,1-5H3. The number of aromatic nitrogens is 2. The molecule has 1 aromatic heterocycles. The molecule has 0 spiro atoms. The SMILES string of the molecule is Cc1nn(C)c(N2CC(C)C(N(C)C)C2)c1N. The summed E-state index contributed by atoms with van der Waals surface area (Å²) in [5.74, 6) is 1.72. The fourth-order valence-corrected chi connectivity index (χ4v) is 2.83. The minimum atomic E-state index is 0.588. The van der Waals surface area contributed by atoms with Crippen molar-refractivity contribution >= 4 is 11.5 Å². The average molecular weight is 237 g/mol. The molecule has 0 saturated carbocycles. The monoisotopic (exact) mass is 237 g/mol. The van der Waals surface area contributed by atoms with Gasteiger partial charge in [0.1, 0.15) is 5.82 Å². The largest absolute Gasteiger partial charge is 0.394 e. The molecule has 0 bridgehead atoms. The van der Waals surface area contributed by atoms with Crippen LogP contribution in [-0.2, 0) is 7.05 Å². The zero-order valence-corrected chi connectivity index (χ0v) is 11.4. The van der Waals surface area contributed by atoms with Gasteiger partial charge in [-0.3, -0.25) is 4.68 Å². The van der Waals surface area contributed by atoms with Gasteiger partial charge in [-0.25, -0.2) is 0 Å². The topological polar surface area (TPSA) is 50.3 Å². The molecular formula is C12H23N5. The van der Waals surface area contributed by atoms with E-state index in [4.69, 9.17) is 5.73 Å². The predicted octanol–water partition coefficient (Wildman–Crippen LogP) is 0.697. The van der Waals surface area contributed by atoms with Crippen LogP contribution in [0.2, 0.25) is 0 Å². The van der Waals surface area contributed by atoms with Gasteiger partial charge in [-0.2, -0.15) is 5.10 Å². The van der Waals surface area contributed by atoms with Crippen molar-refractivity contribution in [3.05, 3.63) is 5.69 Å². The lowest BCUT2D eigenvalue weighted by Gasteiger charge is -2.23. The van der Waals surface area contributed by atoms with Crippen LogP contribution in [0, 0.1) is 12.8 Å². The molecule has 0 amide bonds. The Morgan fingerprint density at radius 1 is 1.35 bits per heavy atom. The van der Waals surface area contributed by atoms with Crippen molar-refractivity contribution in [3.63, 3.8) is 0 Å². The van der Waals surface area contributed by atoms with Gasteiger partial charge in [-0.1, -0.05) is 6.92 Å². The normalized spacial score (nSPS) is 24.9. The van der Waals surface area contributed by atoms with Crippen molar-refractivity contribution < 1.29 is 0 Å². The summed E-state index contributed by atoms with van der Waals surface area (Å²) in [6.07, 6.45) is 0. The lowest BCUT2D eigenvalue weighted by atomic mass is 10.1. The van der Waals surface area contributed by atoms with E-state index in [9.17, 15) is 0 Å². The molecule has 5 heteroatoms. The lowest BCUT2D eigenvalue weighted by Crippen LogP contribution is -2.34. The van der Waals surface area contributed by atoms with Gasteiger partial charge in [0.25, 0.3) is 0 Å². The van der Waals surface area contributed by atoms with E-state index >= 15 is 0 Å². The van der Waals surface area contributed by atoms with E-state index in [-0.39, 0.29) is 0 Å². The Kier molecular flexibility index (Phi) is 3.03. The molecule has 0 aromatic carbocycles. The first-order valence-electron chi connectivity index (χ1n) is 6.12. The number of anilines is 2. The first-order chi connectivity index (χ1) is 7.91. The predicted molar refractivity (Wildman–Crippen MR) is 71.2 cm³/mol. The first kappa shape index (κ1) is 12.2. The van der Waals surface area contributed by atoms with E-state index in [1.165, 1.54) is 0 Å². The Labute approximate surface area is 103 Å². The zero-order chi connectivity index (χ0) is 12.7. The molecule has 17 heavy (non-hydrogen) atoms. The summed E-state index contributed by atoms with van der Waals surface area (Å²) in [6.45, 7) is 6.33. The minimum Gasteiger partial charge on any atom is -0.394 e. The highest BCUT2D eigenvalue weighted by Gasteiger charge is 2.33. The van der Waals surface area contributed by atoms with Crippen molar-refractivity contribution in [2.75, 3.05) is 37.8 Å². The van der Waals surface area contributed by atoms with Crippen molar-refractivity contribution in [1.82, 2.24) is 14.7 Å². The van der Waals surface area contributed by atoms with Gasteiger partial charge in [0.15, 0.2) is 0 Å². The quantitative estimate of drug-likeness (QED) is 0.822. The molecule has 2 rings (SSSR count). The number of nitrogens with two attached hydrogens (primary N) is 1. The maximum atomic E-state index is 6.11. The van der Waals surface area contributed by atoms with E-state index in [1.54, 1.807) is 0 Å². The van der Waals surface area contributed by atoms with Crippen LogP contribution in [0.15, 0.2) is 0 Å². The van der Waals surface area contributed by atoms with Gasteiger partial charge >= 0.3 is 0 Å². The van der Waals surface area contributed by atoms with Crippen molar-refractivity contribution in [2.24, 2.45) is 13.0 Å². The highest BCUT2D eigenvalue weighted by atomic mass is 15.4. The third kappa shape index (κ3) is 1.99. The average Bonchev–Trinajstić information content (AvgIpc) is 2.70.